The standard InChI is InChI=1S/C13H13FO2/c1-13(2)12(15)8-11(16-13)7-9-3-5-10(14)6-4-9/h3-6,8H,7H2,1-2H3. The molecular formula is C13H13FO2. The Morgan fingerprint density at radius 3 is 2.38 bits per heavy atom. The zero-order valence-electron chi connectivity index (χ0n) is 9.29. The number of hydrogen-bond donors (Lipinski definition) is 0. The Balaban J connectivity index is 2.10. The summed E-state index contributed by atoms with van der Waals surface area (Å²) in [5, 5.41) is 0. The molecule has 0 saturated heterocycles. The minimum absolute atomic E-state index is 0.0235. The van der Waals surface area contributed by atoms with Gasteiger partial charge in [0.05, 0.1) is 0 Å². The molecule has 0 aliphatic carbocycles. The lowest BCUT2D eigenvalue weighted by Crippen LogP contribution is -2.27. The molecule has 0 bridgehead atoms. The zero-order chi connectivity index (χ0) is 11.8. The number of hydrogen-bond acceptors (Lipinski definition) is 2. The molecule has 0 spiro atoms. The minimum Gasteiger partial charge on any atom is -0.484 e. The third kappa shape index (κ3) is 2.13. The molecule has 3 heteroatoms. The molecule has 1 heterocycles. The fourth-order valence-electron chi connectivity index (χ4n) is 1.62. The lowest BCUT2D eigenvalue weighted by atomic mass is 10.1. The van der Waals surface area contributed by atoms with Gasteiger partial charge in [0.2, 0.25) is 5.78 Å². The van der Waals surface area contributed by atoms with Gasteiger partial charge in [-0.3, -0.25) is 4.79 Å². The van der Waals surface area contributed by atoms with Crippen molar-refractivity contribution in [3.63, 3.8) is 0 Å². The summed E-state index contributed by atoms with van der Waals surface area (Å²) in [6.45, 7) is 3.48. The van der Waals surface area contributed by atoms with Crippen LogP contribution in [0.2, 0.25) is 0 Å². The number of allylic oxidation sites excluding steroid dienone is 1. The number of ether oxygens (including phenoxy) is 1. The van der Waals surface area contributed by atoms with Gasteiger partial charge in [0, 0.05) is 12.5 Å². The van der Waals surface area contributed by atoms with Crippen molar-refractivity contribution < 1.29 is 13.9 Å². The van der Waals surface area contributed by atoms with E-state index in [-0.39, 0.29) is 11.6 Å². The lowest BCUT2D eigenvalue weighted by molar-refractivity contribution is -0.127. The third-order valence-electron chi connectivity index (χ3n) is 2.56. The molecule has 1 aliphatic rings. The highest BCUT2D eigenvalue weighted by molar-refractivity contribution is 5.98. The number of ketones is 1. The smallest absolute Gasteiger partial charge is 0.201 e. The Labute approximate surface area is 93.7 Å². The molecule has 1 aliphatic heterocycles. The first kappa shape index (κ1) is 10.9. The van der Waals surface area contributed by atoms with Crippen molar-refractivity contribution in [1.29, 1.82) is 0 Å². The van der Waals surface area contributed by atoms with Crippen LogP contribution in [0.5, 0.6) is 0 Å². The van der Waals surface area contributed by atoms with Crippen LogP contribution < -0.4 is 0 Å². The van der Waals surface area contributed by atoms with E-state index < -0.39 is 5.60 Å². The Hall–Kier alpha value is -1.64. The molecule has 2 nitrogen and oxygen atoms in total. The average molecular weight is 220 g/mol. The predicted molar refractivity (Wildman–Crippen MR) is 58.4 cm³/mol. The van der Waals surface area contributed by atoms with E-state index in [1.807, 2.05) is 0 Å². The van der Waals surface area contributed by atoms with Crippen molar-refractivity contribution in [1.82, 2.24) is 0 Å². The van der Waals surface area contributed by atoms with E-state index in [1.165, 1.54) is 18.2 Å². The van der Waals surface area contributed by atoms with Gasteiger partial charge in [-0.05, 0) is 31.5 Å². The van der Waals surface area contributed by atoms with Crippen LogP contribution in [0.15, 0.2) is 36.1 Å². The minimum atomic E-state index is -0.755. The lowest BCUT2D eigenvalue weighted by Gasteiger charge is -2.18. The van der Waals surface area contributed by atoms with Crippen molar-refractivity contribution in [3.05, 3.63) is 47.5 Å². The average Bonchev–Trinajstić information content (AvgIpc) is 2.44. The summed E-state index contributed by atoms with van der Waals surface area (Å²) < 4.78 is 18.2. The van der Waals surface area contributed by atoms with Gasteiger partial charge in [-0.1, -0.05) is 12.1 Å². The quantitative estimate of drug-likeness (QED) is 0.765. The monoisotopic (exact) mass is 220 g/mol. The van der Waals surface area contributed by atoms with Gasteiger partial charge in [-0.2, -0.15) is 0 Å². The molecule has 1 aromatic carbocycles. The van der Waals surface area contributed by atoms with Gasteiger partial charge in [0.1, 0.15) is 11.6 Å². The summed E-state index contributed by atoms with van der Waals surface area (Å²) in [5.74, 6) is 0.354. The first-order valence-electron chi connectivity index (χ1n) is 5.16. The molecule has 0 aromatic heterocycles. The van der Waals surface area contributed by atoms with Crippen LogP contribution in [0.3, 0.4) is 0 Å². The van der Waals surface area contributed by atoms with Gasteiger partial charge in [0.25, 0.3) is 0 Å². The first-order valence-corrected chi connectivity index (χ1v) is 5.16. The summed E-state index contributed by atoms with van der Waals surface area (Å²) in [7, 11) is 0. The highest BCUT2D eigenvalue weighted by Gasteiger charge is 2.34. The van der Waals surface area contributed by atoms with E-state index in [4.69, 9.17) is 4.74 Å². The van der Waals surface area contributed by atoms with Gasteiger partial charge in [0.15, 0.2) is 5.60 Å². The number of rotatable bonds is 2. The molecule has 84 valence electrons. The molecule has 0 N–H and O–H groups in total. The van der Waals surface area contributed by atoms with E-state index >= 15 is 0 Å². The van der Waals surface area contributed by atoms with E-state index in [1.54, 1.807) is 26.0 Å². The molecule has 0 radical (unpaired) electrons. The van der Waals surface area contributed by atoms with E-state index in [2.05, 4.69) is 0 Å². The summed E-state index contributed by atoms with van der Waals surface area (Å²) in [6, 6.07) is 6.18. The number of carbonyl (C=O) groups is 1. The summed E-state index contributed by atoms with van der Waals surface area (Å²) in [5.41, 5.74) is 0.174. The van der Waals surface area contributed by atoms with Crippen LogP contribution >= 0.6 is 0 Å². The molecular weight excluding hydrogens is 207 g/mol. The number of carbonyl (C=O) groups excluding carboxylic acids is 1. The first-order chi connectivity index (χ1) is 7.47. The fourth-order valence-corrected chi connectivity index (χ4v) is 1.62. The largest absolute Gasteiger partial charge is 0.484 e. The maximum Gasteiger partial charge on any atom is 0.201 e. The Morgan fingerprint density at radius 1 is 1.25 bits per heavy atom. The van der Waals surface area contributed by atoms with Crippen molar-refractivity contribution in [3.8, 4) is 0 Å². The Bertz CT molecular complexity index is 444. The summed E-state index contributed by atoms with van der Waals surface area (Å²) in [6.07, 6.45) is 2.04. The highest BCUT2D eigenvalue weighted by Crippen LogP contribution is 2.26. The van der Waals surface area contributed by atoms with Crippen molar-refractivity contribution in [2.45, 2.75) is 25.9 Å². The van der Waals surface area contributed by atoms with E-state index in [9.17, 15) is 9.18 Å². The Morgan fingerprint density at radius 2 is 1.88 bits per heavy atom. The zero-order valence-corrected chi connectivity index (χ0v) is 9.29. The molecule has 0 fully saturated rings. The molecule has 1 aromatic rings. The van der Waals surface area contributed by atoms with Gasteiger partial charge >= 0.3 is 0 Å². The number of halogens is 1. The normalized spacial score (nSPS) is 18.2. The molecule has 2 rings (SSSR count). The molecule has 0 unspecified atom stereocenters. The van der Waals surface area contributed by atoms with Crippen LogP contribution in [0.25, 0.3) is 0 Å². The maximum absolute atomic E-state index is 12.7. The molecule has 16 heavy (non-hydrogen) atoms. The second-order valence-corrected chi connectivity index (χ2v) is 4.39. The fraction of sp³-hybridized carbons (Fsp3) is 0.308. The summed E-state index contributed by atoms with van der Waals surface area (Å²) >= 11 is 0. The van der Waals surface area contributed by atoms with E-state index in [0.29, 0.717) is 12.2 Å². The molecule has 0 atom stereocenters. The van der Waals surface area contributed by atoms with Gasteiger partial charge in [-0.25, -0.2) is 4.39 Å². The SMILES string of the molecule is CC1(C)OC(Cc2ccc(F)cc2)=CC1=O. The Kier molecular flexibility index (Phi) is 2.54. The summed E-state index contributed by atoms with van der Waals surface area (Å²) in [4.78, 5) is 11.5. The molecule has 0 amide bonds. The predicted octanol–water partition coefficient (Wildman–Crippen LogP) is 2.63. The van der Waals surface area contributed by atoms with Crippen LogP contribution in [0, 0.1) is 5.82 Å². The topological polar surface area (TPSA) is 26.3 Å². The van der Waals surface area contributed by atoms with Crippen LogP contribution in [0.4, 0.5) is 4.39 Å². The van der Waals surface area contributed by atoms with Crippen molar-refractivity contribution in [2.75, 3.05) is 0 Å². The van der Waals surface area contributed by atoms with Crippen LogP contribution in [-0.4, -0.2) is 11.4 Å². The van der Waals surface area contributed by atoms with Crippen molar-refractivity contribution >= 4 is 5.78 Å². The molecule has 0 saturated carbocycles. The van der Waals surface area contributed by atoms with Crippen LogP contribution in [0.1, 0.15) is 19.4 Å². The third-order valence-corrected chi connectivity index (χ3v) is 2.56. The van der Waals surface area contributed by atoms with Gasteiger partial charge < -0.3 is 4.74 Å². The van der Waals surface area contributed by atoms with E-state index in [0.717, 1.165) is 5.56 Å². The second-order valence-electron chi connectivity index (χ2n) is 4.39. The highest BCUT2D eigenvalue weighted by atomic mass is 19.1. The van der Waals surface area contributed by atoms with Crippen LogP contribution in [-0.2, 0) is 16.0 Å². The van der Waals surface area contributed by atoms with Gasteiger partial charge in [-0.15, -0.1) is 0 Å². The second kappa shape index (κ2) is 3.74. The van der Waals surface area contributed by atoms with Crippen molar-refractivity contribution in [2.24, 2.45) is 0 Å². The number of benzene rings is 1. The maximum atomic E-state index is 12.7.